The summed E-state index contributed by atoms with van der Waals surface area (Å²) in [5, 5.41) is 4.73. The molecule has 0 unspecified atom stereocenters. The molecule has 0 spiro atoms. The zero-order chi connectivity index (χ0) is 13.9. The van der Waals surface area contributed by atoms with Gasteiger partial charge in [-0.1, -0.05) is 41.4 Å². The average Bonchev–Trinajstić information content (AvgIpc) is 2.88. The number of aromatic nitrogens is 2. The van der Waals surface area contributed by atoms with Gasteiger partial charge in [0.05, 0.1) is 6.04 Å². The summed E-state index contributed by atoms with van der Waals surface area (Å²) < 4.78 is 5.37. The van der Waals surface area contributed by atoms with E-state index in [0.717, 1.165) is 36.0 Å². The Morgan fingerprint density at radius 1 is 1.35 bits per heavy atom. The quantitative estimate of drug-likeness (QED) is 0.863. The molecule has 0 saturated carbocycles. The Hall–Kier alpha value is -1.39. The van der Waals surface area contributed by atoms with Crippen molar-refractivity contribution in [3.05, 3.63) is 46.6 Å². The third-order valence-corrected chi connectivity index (χ3v) is 4.14. The maximum atomic E-state index is 6.26. The number of aryl methyl sites for hydroxylation is 1. The number of rotatable bonds is 3. The monoisotopic (exact) mass is 291 g/mol. The van der Waals surface area contributed by atoms with Gasteiger partial charge in [0, 0.05) is 11.6 Å². The van der Waals surface area contributed by atoms with Crippen LogP contribution in [0.25, 0.3) is 0 Å². The van der Waals surface area contributed by atoms with Crippen molar-refractivity contribution in [1.82, 2.24) is 15.0 Å². The summed E-state index contributed by atoms with van der Waals surface area (Å²) in [6.45, 7) is 3.72. The third kappa shape index (κ3) is 2.86. The van der Waals surface area contributed by atoms with E-state index in [0.29, 0.717) is 5.82 Å². The number of hydrogen-bond donors (Lipinski definition) is 0. The van der Waals surface area contributed by atoms with Crippen molar-refractivity contribution in [2.45, 2.75) is 38.8 Å². The molecule has 5 heteroatoms. The van der Waals surface area contributed by atoms with Crippen LogP contribution in [0.1, 0.15) is 42.6 Å². The SMILES string of the molecule is Cc1noc([C@@H]2CCCCN2Cc2ccccc2Cl)n1. The molecule has 1 aromatic carbocycles. The van der Waals surface area contributed by atoms with Gasteiger partial charge in [0.15, 0.2) is 5.82 Å². The maximum Gasteiger partial charge on any atom is 0.243 e. The fourth-order valence-corrected chi connectivity index (χ4v) is 2.95. The van der Waals surface area contributed by atoms with Gasteiger partial charge in [0.1, 0.15) is 0 Å². The second-order valence-electron chi connectivity index (χ2n) is 5.25. The normalized spacial score (nSPS) is 20.2. The van der Waals surface area contributed by atoms with Gasteiger partial charge in [0.25, 0.3) is 0 Å². The van der Waals surface area contributed by atoms with Gasteiger partial charge in [-0.05, 0) is 37.9 Å². The Labute approximate surface area is 123 Å². The van der Waals surface area contributed by atoms with Crippen LogP contribution in [0.5, 0.6) is 0 Å². The molecule has 4 nitrogen and oxygen atoms in total. The van der Waals surface area contributed by atoms with Gasteiger partial charge in [-0.15, -0.1) is 0 Å². The summed E-state index contributed by atoms with van der Waals surface area (Å²) in [7, 11) is 0. The molecule has 0 amide bonds. The first-order valence-electron chi connectivity index (χ1n) is 7.01. The van der Waals surface area contributed by atoms with E-state index in [-0.39, 0.29) is 6.04 Å². The highest BCUT2D eigenvalue weighted by Gasteiger charge is 2.28. The standard InChI is InChI=1S/C15H18ClN3O/c1-11-17-15(20-18-11)14-8-4-5-9-19(14)10-12-6-2-3-7-13(12)16/h2-3,6-7,14H,4-5,8-10H2,1H3/t14-/m0/s1. The fraction of sp³-hybridized carbons (Fsp3) is 0.467. The van der Waals surface area contributed by atoms with Gasteiger partial charge in [-0.3, -0.25) is 4.90 Å². The molecule has 1 atom stereocenters. The Morgan fingerprint density at radius 2 is 2.20 bits per heavy atom. The molecule has 106 valence electrons. The molecule has 1 aromatic heterocycles. The van der Waals surface area contributed by atoms with Crippen molar-refractivity contribution in [2.24, 2.45) is 0 Å². The summed E-state index contributed by atoms with van der Waals surface area (Å²) >= 11 is 6.26. The molecule has 20 heavy (non-hydrogen) atoms. The van der Waals surface area contributed by atoms with E-state index in [1.807, 2.05) is 25.1 Å². The van der Waals surface area contributed by atoms with Crippen molar-refractivity contribution in [3.8, 4) is 0 Å². The van der Waals surface area contributed by atoms with E-state index in [9.17, 15) is 0 Å². The van der Waals surface area contributed by atoms with E-state index in [1.54, 1.807) is 0 Å². The van der Waals surface area contributed by atoms with E-state index in [1.165, 1.54) is 12.8 Å². The fourth-order valence-electron chi connectivity index (χ4n) is 2.75. The molecule has 1 fully saturated rings. The van der Waals surface area contributed by atoms with Crippen molar-refractivity contribution in [3.63, 3.8) is 0 Å². The largest absolute Gasteiger partial charge is 0.338 e. The molecule has 2 heterocycles. The van der Waals surface area contributed by atoms with Crippen molar-refractivity contribution in [1.29, 1.82) is 0 Å². The van der Waals surface area contributed by atoms with Gasteiger partial charge < -0.3 is 4.52 Å². The lowest BCUT2D eigenvalue weighted by Gasteiger charge is -2.33. The minimum atomic E-state index is 0.209. The van der Waals surface area contributed by atoms with Crippen LogP contribution in [0, 0.1) is 6.92 Å². The van der Waals surface area contributed by atoms with Crippen LogP contribution in [0.3, 0.4) is 0 Å². The topological polar surface area (TPSA) is 42.2 Å². The highest BCUT2D eigenvalue weighted by molar-refractivity contribution is 6.31. The van der Waals surface area contributed by atoms with Crippen LogP contribution < -0.4 is 0 Å². The van der Waals surface area contributed by atoms with Gasteiger partial charge in [-0.2, -0.15) is 4.98 Å². The van der Waals surface area contributed by atoms with Crippen molar-refractivity contribution >= 4 is 11.6 Å². The summed E-state index contributed by atoms with van der Waals surface area (Å²) in [6, 6.07) is 8.21. The smallest absolute Gasteiger partial charge is 0.243 e. The Morgan fingerprint density at radius 3 is 2.95 bits per heavy atom. The number of likely N-dealkylation sites (tertiary alicyclic amines) is 1. The van der Waals surface area contributed by atoms with Crippen LogP contribution in [0.15, 0.2) is 28.8 Å². The lowest BCUT2D eigenvalue weighted by molar-refractivity contribution is 0.111. The van der Waals surface area contributed by atoms with Crippen LogP contribution >= 0.6 is 11.6 Å². The first kappa shape index (κ1) is 13.6. The average molecular weight is 292 g/mol. The van der Waals surface area contributed by atoms with Crippen LogP contribution in [0.2, 0.25) is 5.02 Å². The lowest BCUT2D eigenvalue weighted by atomic mass is 10.0. The lowest BCUT2D eigenvalue weighted by Crippen LogP contribution is -2.33. The van der Waals surface area contributed by atoms with Crippen molar-refractivity contribution < 1.29 is 4.52 Å². The predicted molar refractivity (Wildman–Crippen MR) is 77.5 cm³/mol. The number of hydrogen-bond acceptors (Lipinski definition) is 4. The Bertz CT molecular complexity index is 584. The van der Waals surface area contributed by atoms with Gasteiger partial charge in [-0.25, -0.2) is 0 Å². The van der Waals surface area contributed by atoms with Crippen LogP contribution in [-0.2, 0) is 6.54 Å². The van der Waals surface area contributed by atoms with E-state index >= 15 is 0 Å². The number of nitrogens with zero attached hydrogens (tertiary/aromatic N) is 3. The van der Waals surface area contributed by atoms with E-state index in [4.69, 9.17) is 16.1 Å². The number of halogens is 1. The predicted octanol–water partition coefficient (Wildman–Crippen LogP) is 3.76. The van der Waals surface area contributed by atoms with E-state index in [2.05, 4.69) is 21.1 Å². The molecule has 1 aliphatic heterocycles. The Kier molecular flexibility index (Phi) is 4.03. The molecular weight excluding hydrogens is 274 g/mol. The summed E-state index contributed by atoms with van der Waals surface area (Å²) in [5.41, 5.74) is 1.15. The Balaban J connectivity index is 1.81. The molecule has 2 aromatic rings. The molecule has 0 bridgehead atoms. The van der Waals surface area contributed by atoms with Crippen LogP contribution in [-0.4, -0.2) is 21.6 Å². The number of benzene rings is 1. The molecular formula is C15H18ClN3O. The second-order valence-corrected chi connectivity index (χ2v) is 5.66. The first-order chi connectivity index (χ1) is 9.74. The number of piperidine rings is 1. The zero-order valence-corrected chi connectivity index (χ0v) is 12.3. The summed E-state index contributed by atoms with van der Waals surface area (Å²) in [5.74, 6) is 1.43. The summed E-state index contributed by atoms with van der Waals surface area (Å²) in [6.07, 6.45) is 3.46. The maximum absolute atomic E-state index is 6.26. The minimum Gasteiger partial charge on any atom is -0.338 e. The van der Waals surface area contributed by atoms with E-state index < -0.39 is 0 Å². The molecule has 1 saturated heterocycles. The highest BCUT2D eigenvalue weighted by Crippen LogP contribution is 2.32. The third-order valence-electron chi connectivity index (χ3n) is 3.77. The zero-order valence-electron chi connectivity index (χ0n) is 11.6. The van der Waals surface area contributed by atoms with Gasteiger partial charge >= 0.3 is 0 Å². The van der Waals surface area contributed by atoms with Crippen molar-refractivity contribution in [2.75, 3.05) is 6.54 Å². The van der Waals surface area contributed by atoms with Crippen LogP contribution in [0.4, 0.5) is 0 Å². The molecule has 0 N–H and O–H groups in total. The molecule has 0 aliphatic carbocycles. The second kappa shape index (κ2) is 5.94. The highest BCUT2D eigenvalue weighted by atomic mass is 35.5. The van der Waals surface area contributed by atoms with Gasteiger partial charge in [0.2, 0.25) is 5.89 Å². The summed E-state index contributed by atoms with van der Waals surface area (Å²) in [4.78, 5) is 6.78. The molecule has 1 aliphatic rings. The minimum absolute atomic E-state index is 0.209. The first-order valence-corrected chi connectivity index (χ1v) is 7.39. The molecule has 0 radical (unpaired) electrons. The molecule has 3 rings (SSSR count).